The summed E-state index contributed by atoms with van der Waals surface area (Å²) in [5.74, 6) is 0. The van der Waals surface area contributed by atoms with Crippen LogP contribution in [0.5, 0.6) is 0 Å². The Morgan fingerprint density at radius 2 is 1.05 bits per heavy atom. The highest BCUT2D eigenvalue weighted by molar-refractivity contribution is 9.10. The predicted molar refractivity (Wildman–Crippen MR) is 271 cm³/mol. The van der Waals surface area contributed by atoms with Crippen molar-refractivity contribution >= 4 is 86.3 Å². The third kappa shape index (κ3) is 6.53. The molecule has 0 fully saturated rings. The van der Waals surface area contributed by atoms with Crippen LogP contribution in [0.4, 0.5) is 17.1 Å². The molecule has 4 heteroatoms. The molecule has 0 N–H and O–H groups in total. The molecule has 298 valence electrons. The Bertz CT molecular complexity index is 3430. The molecule has 0 saturated heterocycles. The Kier molecular flexibility index (Phi) is 9.45. The van der Waals surface area contributed by atoms with E-state index >= 15 is 0 Å². The number of thiophene rings is 1. The van der Waals surface area contributed by atoms with Gasteiger partial charge in [-0.1, -0.05) is 176 Å². The smallest absolute Gasteiger partial charge is 0.0633 e. The summed E-state index contributed by atoms with van der Waals surface area (Å²) >= 11 is 5.62. The number of nitrogens with zero attached hydrogens (tertiary/aromatic N) is 2. The molecule has 0 atom stereocenters. The van der Waals surface area contributed by atoms with E-state index in [1.807, 2.05) is 11.3 Å². The summed E-state index contributed by atoms with van der Waals surface area (Å²) in [5.41, 5.74) is 15.4. The van der Waals surface area contributed by atoms with Crippen LogP contribution in [0.15, 0.2) is 211 Å². The Morgan fingerprint density at radius 3 is 1.74 bits per heavy atom. The molecule has 62 heavy (non-hydrogen) atoms. The molecule has 11 rings (SSSR count). The molecule has 0 aliphatic rings. The van der Waals surface area contributed by atoms with Crippen LogP contribution in [0, 0.1) is 0 Å². The van der Waals surface area contributed by atoms with Gasteiger partial charge in [0.2, 0.25) is 0 Å². The lowest BCUT2D eigenvalue weighted by atomic mass is 9.87. The van der Waals surface area contributed by atoms with E-state index in [9.17, 15) is 0 Å². The minimum Gasteiger partial charge on any atom is -0.310 e. The lowest BCUT2D eigenvalue weighted by molar-refractivity contribution is 0.590. The van der Waals surface area contributed by atoms with Crippen molar-refractivity contribution in [1.82, 2.24) is 4.57 Å². The molecule has 2 aromatic heterocycles. The fourth-order valence-electron chi connectivity index (χ4n) is 9.27. The molecule has 0 radical (unpaired) electrons. The number of para-hydroxylation sites is 1. The molecule has 0 unspecified atom stereocenters. The first kappa shape index (κ1) is 38.2. The molecule has 0 spiro atoms. The molecule has 0 bridgehead atoms. The summed E-state index contributed by atoms with van der Waals surface area (Å²) in [7, 11) is 0. The van der Waals surface area contributed by atoms with Crippen LogP contribution in [0.25, 0.3) is 81.0 Å². The SMILES string of the molecule is CC(C)(C)c1ccc(N(c2cccc(-c3cccc(Br)c3)c2)c2ccc3c4c(-c5ccccc5)c5sc6ccccc6c5c(-c5ccccc5)c4n(-c4ccccc4)c3c2)cc1. The zero-order valence-electron chi connectivity index (χ0n) is 34.8. The average molecular weight is 880 g/mol. The number of rotatable bonds is 7. The van der Waals surface area contributed by atoms with Crippen molar-refractivity contribution in [3.63, 3.8) is 0 Å². The second kappa shape index (κ2) is 15.3. The van der Waals surface area contributed by atoms with Gasteiger partial charge >= 0.3 is 0 Å². The Balaban J connectivity index is 1.28. The van der Waals surface area contributed by atoms with E-state index < -0.39 is 0 Å². The average Bonchev–Trinajstić information content (AvgIpc) is 3.85. The highest BCUT2D eigenvalue weighted by Gasteiger charge is 2.28. The van der Waals surface area contributed by atoms with Gasteiger partial charge in [-0.25, -0.2) is 0 Å². The third-order valence-electron chi connectivity index (χ3n) is 12.2. The lowest BCUT2D eigenvalue weighted by Gasteiger charge is -2.27. The third-order valence-corrected chi connectivity index (χ3v) is 13.8. The highest BCUT2D eigenvalue weighted by Crippen LogP contribution is 2.53. The molecular formula is C58H43BrN2S. The maximum atomic E-state index is 3.72. The fraction of sp³-hybridized carbons (Fsp3) is 0.0690. The minimum atomic E-state index is 0.0332. The quantitative estimate of drug-likeness (QED) is 0.155. The van der Waals surface area contributed by atoms with Crippen molar-refractivity contribution in [2.75, 3.05) is 4.90 Å². The van der Waals surface area contributed by atoms with E-state index in [1.54, 1.807) is 0 Å². The Morgan fingerprint density at radius 1 is 0.468 bits per heavy atom. The van der Waals surface area contributed by atoms with Gasteiger partial charge in [0, 0.05) is 69.3 Å². The zero-order valence-corrected chi connectivity index (χ0v) is 37.2. The summed E-state index contributed by atoms with van der Waals surface area (Å²) in [4.78, 5) is 2.42. The van der Waals surface area contributed by atoms with Crippen molar-refractivity contribution < 1.29 is 0 Å². The van der Waals surface area contributed by atoms with Gasteiger partial charge in [-0.15, -0.1) is 11.3 Å². The Labute approximate surface area is 375 Å². The van der Waals surface area contributed by atoms with Crippen molar-refractivity contribution in [1.29, 1.82) is 0 Å². The predicted octanol–water partition coefficient (Wildman–Crippen LogP) is 17.7. The van der Waals surface area contributed by atoms with Crippen LogP contribution in [0.2, 0.25) is 0 Å². The normalized spacial score (nSPS) is 11.9. The highest BCUT2D eigenvalue weighted by atomic mass is 79.9. The van der Waals surface area contributed by atoms with Gasteiger partial charge in [0.05, 0.1) is 11.0 Å². The first-order chi connectivity index (χ1) is 30.3. The van der Waals surface area contributed by atoms with Crippen LogP contribution in [-0.4, -0.2) is 4.57 Å². The van der Waals surface area contributed by atoms with Crippen molar-refractivity contribution in [2.24, 2.45) is 0 Å². The summed E-state index contributed by atoms with van der Waals surface area (Å²) in [6.07, 6.45) is 0. The summed E-state index contributed by atoms with van der Waals surface area (Å²) < 4.78 is 6.20. The van der Waals surface area contributed by atoms with Crippen LogP contribution >= 0.6 is 27.3 Å². The monoisotopic (exact) mass is 878 g/mol. The number of aromatic nitrogens is 1. The number of halogens is 1. The largest absolute Gasteiger partial charge is 0.310 e. The number of anilines is 3. The standard InChI is InChI=1S/C58H43BrN2S/c1-58(2,3)42-29-31-45(32-30-42)60(46-26-16-22-41(36-46)40-21-15-23-43(59)35-40)47-33-34-48-50(37-47)61(44-24-11-6-12-25-44)56-52(38-17-7-4-8-18-38)55-49-27-13-14-28-51(49)62-57(55)53(54(48)56)39-19-9-5-10-20-39/h4-37H,1-3H3. The second-order valence-corrected chi connectivity index (χ2v) is 19.0. The van der Waals surface area contributed by atoms with Crippen molar-refractivity contribution in [3.8, 4) is 39.1 Å². The van der Waals surface area contributed by atoms with Gasteiger partial charge in [0.25, 0.3) is 0 Å². The van der Waals surface area contributed by atoms with E-state index in [4.69, 9.17) is 0 Å². The summed E-state index contributed by atoms with van der Waals surface area (Å²) in [6.45, 7) is 6.83. The van der Waals surface area contributed by atoms with Gasteiger partial charge in [-0.2, -0.15) is 0 Å². The van der Waals surface area contributed by atoms with E-state index in [-0.39, 0.29) is 5.41 Å². The molecule has 0 aliphatic heterocycles. The fourth-order valence-corrected chi connectivity index (χ4v) is 11.0. The van der Waals surface area contributed by atoms with Crippen molar-refractivity contribution in [3.05, 3.63) is 216 Å². The van der Waals surface area contributed by atoms with E-state index in [0.717, 1.165) is 38.3 Å². The first-order valence-corrected chi connectivity index (χ1v) is 22.8. The zero-order chi connectivity index (χ0) is 42.0. The van der Waals surface area contributed by atoms with Gasteiger partial charge in [-0.3, -0.25) is 0 Å². The summed E-state index contributed by atoms with van der Waals surface area (Å²) in [5, 5.41) is 5.06. The molecule has 0 amide bonds. The molecule has 9 aromatic carbocycles. The molecule has 2 nitrogen and oxygen atoms in total. The molecule has 0 saturated carbocycles. The van der Waals surface area contributed by atoms with Gasteiger partial charge in [0.1, 0.15) is 0 Å². The van der Waals surface area contributed by atoms with Crippen LogP contribution in [-0.2, 0) is 5.41 Å². The maximum Gasteiger partial charge on any atom is 0.0633 e. The Hall–Kier alpha value is -6.72. The van der Waals surface area contributed by atoms with Gasteiger partial charge < -0.3 is 9.47 Å². The minimum absolute atomic E-state index is 0.0332. The topological polar surface area (TPSA) is 8.17 Å². The maximum absolute atomic E-state index is 3.72. The molecule has 11 aromatic rings. The number of hydrogen-bond acceptors (Lipinski definition) is 2. The number of hydrogen-bond donors (Lipinski definition) is 0. The first-order valence-electron chi connectivity index (χ1n) is 21.2. The molecular weight excluding hydrogens is 837 g/mol. The number of fused-ring (bicyclic) bond motifs is 6. The van der Waals surface area contributed by atoms with Gasteiger partial charge in [-0.05, 0) is 100.0 Å². The van der Waals surface area contributed by atoms with E-state index in [2.05, 4.69) is 252 Å². The van der Waals surface area contributed by atoms with Crippen molar-refractivity contribution in [2.45, 2.75) is 26.2 Å². The summed E-state index contributed by atoms with van der Waals surface area (Å²) in [6, 6.07) is 75.7. The second-order valence-electron chi connectivity index (χ2n) is 17.1. The van der Waals surface area contributed by atoms with E-state index in [1.165, 1.54) is 69.8 Å². The van der Waals surface area contributed by atoms with Crippen LogP contribution < -0.4 is 4.90 Å². The van der Waals surface area contributed by atoms with Crippen LogP contribution in [0.1, 0.15) is 26.3 Å². The number of benzene rings is 9. The van der Waals surface area contributed by atoms with E-state index in [0.29, 0.717) is 0 Å². The molecule has 2 heterocycles. The lowest BCUT2D eigenvalue weighted by Crippen LogP contribution is -2.13. The van der Waals surface area contributed by atoms with Crippen LogP contribution in [0.3, 0.4) is 0 Å². The molecule has 0 aliphatic carbocycles. The van der Waals surface area contributed by atoms with Gasteiger partial charge in [0.15, 0.2) is 0 Å².